The standard InChI is InChI=1S/C27H23F2N3O4/c28-20-10-11-21(22(29)15-20)24-16-30-27(36-24)13-12-25(33)31-32-26(34)17-35-23-9-5-4-8-19(23)14-18-6-2-1-3-7-18/h1-11,15-16H,12-14,17H2,(H,31,33)(H,32,34). The van der Waals surface area contributed by atoms with Crippen LogP contribution in [0.1, 0.15) is 23.4 Å². The molecule has 3 aromatic carbocycles. The summed E-state index contributed by atoms with van der Waals surface area (Å²) in [6.07, 6.45) is 2.05. The van der Waals surface area contributed by atoms with Crippen molar-refractivity contribution in [1.82, 2.24) is 15.8 Å². The van der Waals surface area contributed by atoms with Crippen LogP contribution in [-0.2, 0) is 22.4 Å². The van der Waals surface area contributed by atoms with Crippen molar-refractivity contribution in [2.24, 2.45) is 0 Å². The summed E-state index contributed by atoms with van der Waals surface area (Å²) in [5.74, 6) is -1.56. The molecule has 0 saturated heterocycles. The highest BCUT2D eigenvalue weighted by Crippen LogP contribution is 2.24. The number of aromatic nitrogens is 1. The Kier molecular flexibility index (Phi) is 8.02. The van der Waals surface area contributed by atoms with E-state index >= 15 is 0 Å². The van der Waals surface area contributed by atoms with Crippen molar-refractivity contribution < 1.29 is 27.5 Å². The minimum Gasteiger partial charge on any atom is -0.483 e. The fraction of sp³-hybridized carbons (Fsp3) is 0.148. The lowest BCUT2D eigenvalue weighted by Gasteiger charge is -2.12. The van der Waals surface area contributed by atoms with Crippen LogP contribution in [0.4, 0.5) is 8.78 Å². The number of carbonyl (C=O) groups is 2. The summed E-state index contributed by atoms with van der Waals surface area (Å²) in [7, 11) is 0. The first-order valence-electron chi connectivity index (χ1n) is 11.2. The minimum absolute atomic E-state index is 0.0348. The van der Waals surface area contributed by atoms with Crippen molar-refractivity contribution in [3.63, 3.8) is 0 Å². The number of nitrogens with zero attached hydrogens (tertiary/aromatic N) is 1. The Balaban J connectivity index is 1.21. The molecule has 1 aromatic heterocycles. The third kappa shape index (κ3) is 6.75. The lowest BCUT2D eigenvalue weighted by Crippen LogP contribution is -2.43. The SMILES string of the molecule is O=C(CCc1ncc(-c2ccc(F)cc2F)o1)NNC(=O)COc1ccccc1Cc1ccccc1. The molecule has 4 rings (SSSR count). The van der Waals surface area contributed by atoms with Gasteiger partial charge in [-0.25, -0.2) is 13.8 Å². The van der Waals surface area contributed by atoms with E-state index in [2.05, 4.69) is 15.8 Å². The van der Waals surface area contributed by atoms with Crippen LogP contribution in [0, 0.1) is 11.6 Å². The Hall–Kier alpha value is -4.53. The van der Waals surface area contributed by atoms with Crippen molar-refractivity contribution in [3.8, 4) is 17.1 Å². The highest BCUT2D eigenvalue weighted by atomic mass is 19.1. The molecule has 184 valence electrons. The fourth-order valence-electron chi connectivity index (χ4n) is 3.45. The van der Waals surface area contributed by atoms with Gasteiger partial charge in [-0.1, -0.05) is 48.5 Å². The summed E-state index contributed by atoms with van der Waals surface area (Å²) in [4.78, 5) is 28.2. The molecule has 36 heavy (non-hydrogen) atoms. The lowest BCUT2D eigenvalue weighted by atomic mass is 10.0. The molecule has 1 heterocycles. The molecule has 0 radical (unpaired) electrons. The molecule has 0 atom stereocenters. The van der Waals surface area contributed by atoms with Crippen molar-refractivity contribution in [3.05, 3.63) is 108 Å². The topological polar surface area (TPSA) is 93.5 Å². The molecule has 9 heteroatoms. The fourth-order valence-corrected chi connectivity index (χ4v) is 3.45. The zero-order valence-corrected chi connectivity index (χ0v) is 19.2. The Morgan fingerprint density at radius 2 is 1.67 bits per heavy atom. The Labute approximate surface area is 206 Å². The predicted molar refractivity (Wildman–Crippen MR) is 128 cm³/mol. The maximum Gasteiger partial charge on any atom is 0.276 e. The molecule has 4 aromatic rings. The van der Waals surface area contributed by atoms with Crippen molar-refractivity contribution >= 4 is 11.8 Å². The average Bonchev–Trinajstić information content (AvgIpc) is 3.35. The van der Waals surface area contributed by atoms with Crippen LogP contribution in [0.15, 0.2) is 83.4 Å². The molecular weight excluding hydrogens is 468 g/mol. The van der Waals surface area contributed by atoms with Gasteiger partial charge >= 0.3 is 0 Å². The number of hydrazine groups is 1. The summed E-state index contributed by atoms with van der Waals surface area (Å²) in [5.41, 5.74) is 6.73. The van der Waals surface area contributed by atoms with Crippen LogP contribution in [0.25, 0.3) is 11.3 Å². The van der Waals surface area contributed by atoms with Gasteiger partial charge in [0.2, 0.25) is 5.91 Å². The van der Waals surface area contributed by atoms with Gasteiger partial charge in [-0.15, -0.1) is 0 Å². The average molecular weight is 491 g/mol. The molecule has 2 amide bonds. The van der Waals surface area contributed by atoms with Crippen molar-refractivity contribution in [2.75, 3.05) is 6.61 Å². The number of ether oxygens (including phenoxy) is 1. The lowest BCUT2D eigenvalue weighted by molar-refractivity contribution is -0.130. The van der Waals surface area contributed by atoms with Gasteiger partial charge in [-0.3, -0.25) is 20.4 Å². The van der Waals surface area contributed by atoms with Crippen LogP contribution >= 0.6 is 0 Å². The Morgan fingerprint density at radius 3 is 2.47 bits per heavy atom. The van der Waals surface area contributed by atoms with Gasteiger partial charge in [0.25, 0.3) is 5.91 Å². The zero-order valence-electron chi connectivity index (χ0n) is 19.2. The molecule has 0 fully saturated rings. The molecule has 0 unspecified atom stereocenters. The number of aryl methyl sites for hydroxylation is 1. The molecule has 0 aliphatic heterocycles. The van der Waals surface area contributed by atoms with Crippen molar-refractivity contribution in [2.45, 2.75) is 19.3 Å². The van der Waals surface area contributed by atoms with E-state index in [1.165, 1.54) is 12.3 Å². The number of hydrogen-bond donors (Lipinski definition) is 2. The molecule has 0 bridgehead atoms. The molecule has 0 aliphatic rings. The van der Waals surface area contributed by atoms with Gasteiger partial charge in [0, 0.05) is 25.3 Å². The molecule has 0 aliphatic carbocycles. The maximum atomic E-state index is 13.9. The first kappa shape index (κ1) is 24.6. The predicted octanol–water partition coefficient (Wildman–Crippen LogP) is 4.37. The quantitative estimate of drug-likeness (QED) is 0.339. The summed E-state index contributed by atoms with van der Waals surface area (Å²) >= 11 is 0. The van der Waals surface area contributed by atoms with Gasteiger partial charge in [0.1, 0.15) is 17.4 Å². The van der Waals surface area contributed by atoms with Gasteiger partial charge in [-0.2, -0.15) is 0 Å². The van der Waals surface area contributed by atoms with E-state index in [0.717, 1.165) is 23.3 Å². The molecule has 7 nitrogen and oxygen atoms in total. The van der Waals surface area contributed by atoms with Crippen LogP contribution in [0.3, 0.4) is 0 Å². The summed E-state index contributed by atoms with van der Waals surface area (Å²) in [6.45, 7) is -0.279. The van der Waals surface area contributed by atoms with Crippen LogP contribution in [-0.4, -0.2) is 23.4 Å². The van der Waals surface area contributed by atoms with E-state index in [1.54, 1.807) is 6.07 Å². The number of carbonyl (C=O) groups excluding carboxylic acids is 2. The Bertz CT molecular complexity index is 1340. The normalized spacial score (nSPS) is 10.6. The number of halogens is 2. The second-order valence-corrected chi connectivity index (χ2v) is 7.90. The number of hydrogen-bond acceptors (Lipinski definition) is 5. The number of para-hydroxylation sites is 1. The van der Waals surface area contributed by atoms with Gasteiger partial charge in [0.05, 0.1) is 11.8 Å². The largest absolute Gasteiger partial charge is 0.483 e. The van der Waals surface area contributed by atoms with E-state index in [4.69, 9.17) is 9.15 Å². The van der Waals surface area contributed by atoms with E-state index in [-0.39, 0.29) is 36.7 Å². The minimum atomic E-state index is -0.775. The van der Waals surface area contributed by atoms with E-state index in [1.807, 2.05) is 48.5 Å². The zero-order chi connectivity index (χ0) is 25.3. The highest BCUT2D eigenvalue weighted by Gasteiger charge is 2.14. The summed E-state index contributed by atoms with van der Waals surface area (Å²) in [5, 5.41) is 0. The van der Waals surface area contributed by atoms with E-state index in [0.29, 0.717) is 12.2 Å². The molecule has 2 N–H and O–H groups in total. The third-order valence-electron chi connectivity index (χ3n) is 5.23. The van der Waals surface area contributed by atoms with Crippen LogP contribution in [0.2, 0.25) is 0 Å². The Morgan fingerprint density at radius 1 is 0.917 bits per heavy atom. The third-order valence-corrected chi connectivity index (χ3v) is 5.23. The summed E-state index contributed by atoms with van der Waals surface area (Å²) in [6, 6.07) is 20.4. The number of oxazole rings is 1. The molecule has 0 spiro atoms. The molecular formula is C27H23F2N3O4. The molecule has 0 saturated carbocycles. The van der Waals surface area contributed by atoms with Gasteiger partial charge in [-0.05, 0) is 29.3 Å². The number of amides is 2. The second-order valence-electron chi connectivity index (χ2n) is 7.90. The van der Waals surface area contributed by atoms with E-state index < -0.39 is 23.4 Å². The maximum absolute atomic E-state index is 13.9. The van der Waals surface area contributed by atoms with E-state index in [9.17, 15) is 18.4 Å². The van der Waals surface area contributed by atoms with Gasteiger partial charge < -0.3 is 9.15 Å². The van der Waals surface area contributed by atoms with Crippen LogP contribution < -0.4 is 15.6 Å². The number of nitrogens with one attached hydrogen (secondary N) is 2. The first-order valence-corrected chi connectivity index (χ1v) is 11.2. The van der Waals surface area contributed by atoms with Gasteiger partial charge in [0.15, 0.2) is 18.3 Å². The number of benzene rings is 3. The van der Waals surface area contributed by atoms with Crippen LogP contribution in [0.5, 0.6) is 5.75 Å². The smallest absolute Gasteiger partial charge is 0.276 e. The second kappa shape index (κ2) is 11.7. The highest BCUT2D eigenvalue weighted by molar-refractivity contribution is 5.82. The summed E-state index contributed by atoms with van der Waals surface area (Å²) < 4.78 is 38.1. The first-order chi connectivity index (χ1) is 17.5. The number of rotatable bonds is 9. The monoisotopic (exact) mass is 491 g/mol. The van der Waals surface area contributed by atoms with Crippen molar-refractivity contribution in [1.29, 1.82) is 0 Å².